The van der Waals surface area contributed by atoms with Crippen molar-refractivity contribution in [2.75, 3.05) is 13.2 Å². The van der Waals surface area contributed by atoms with Crippen LogP contribution < -0.4 is 10.6 Å². The zero-order valence-electron chi connectivity index (χ0n) is 10.2. The first-order valence-electron chi connectivity index (χ1n) is 5.60. The minimum atomic E-state index is -0.191. The van der Waals surface area contributed by atoms with E-state index < -0.39 is 0 Å². The number of aliphatic hydroxyl groups is 1. The molecule has 0 saturated carbocycles. The van der Waals surface area contributed by atoms with Crippen molar-refractivity contribution in [2.45, 2.75) is 40.2 Å². The third-order valence-corrected chi connectivity index (χ3v) is 1.98. The van der Waals surface area contributed by atoms with Gasteiger partial charge in [-0.2, -0.15) is 0 Å². The van der Waals surface area contributed by atoms with Crippen LogP contribution in [0.4, 0.5) is 4.79 Å². The second kappa shape index (κ2) is 7.51. The van der Waals surface area contributed by atoms with Crippen molar-refractivity contribution in [3.8, 4) is 0 Å². The first-order valence-corrected chi connectivity index (χ1v) is 5.60. The van der Waals surface area contributed by atoms with Gasteiger partial charge in [0, 0.05) is 6.54 Å². The summed E-state index contributed by atoms with van der Waals surface area (Å²) < 4.78 is 0. The third-order valence-electron chi connectivity index (χ3n) is 1.98. The third kappa shape index (κ3) is 8.24. The highest BCUT2D eigenvalue weighted by Crippen LogP contribution is 2.03. The molecule has 0 aliphatic carbocycles. The molecule has 15 heavy (non-hydrogen) atoms. The van der Waals surface area contributed by atoms with Gasteiger partial charge in [-0.15, -0.1) is 0 Å². The molecule has 0 heterocycles. The van der Waals surface area contributed by atoms with Gasteiger partial charge in [-0.05, 0) is 18.3 Å². The fourth-order valence-electron chi connectivity index (χ4n) is 1.28. The monoisotopic (exact) mass is 216 g/mol. The van der Waals surface area contributed by atoms with E-state index in [2.05, 4.69) is 24.5 Å². The Hall–Kier alpha value is -0.770. The van der Waals surface area contributed by atoms with Crippen molar-refractivity contribution in [1.82, 2.24) is 10.6 Å². The Morgan fingerprint density at radius 2 is 1.80 bits per heavy atom. The summed E-state index contributed by atoms with van der Waals surface area (Å²) in [5.41, 5.74) is 0. The van der Waals surface area contributed by atoms with E-state index >= 15 is 0 Å². The maximum absolute atomic E-state index is 11.4. The summed E-state index contributed by atoms with van der Waals surface area (Å²) in [5, 5.41) is 14.6. The van der Waals surface area contributed by atoms with Crippen LogP contribution in [0, 0.1) is 11.8 Å². The maximum Gasteiger partial charge on any atom is 0.315 e. The summed E-state index contributed by atoms with van der Waals surface area (Å²) in [5.74, 6) is 0.904. The van der Waals surface area contributed by atoms with Crippen LogP contribution >= 0.6 is 0 Å². The van der Waals surface area contributed by atoms with Gasteiger partial charge in [0.15, 0.2) is 0 Å². The molecule has 90 valence electrons. The number of urea groups is 1. The standard InChI is InChI=1S/C11H24N2O2/c1-8(2)5-10(7-14)13-11(15)12-6-9(3)4/h8-10,14H,5-7H2,1-4H3,(H2,12,13,15). The Kier molecular flexibility index (Phi) is 7.13. The summed E-state index contributed by atoms with van der Waals surface area (Å²) in [7, 11) is 0. The lowest BCUT2D eigenvalue weighted by Crippen LogP contribution is -2.45. The van der Waals surface area contributed by atoms with Crippen molar-refractivity contribution in [2.24, 2.45) is 11.8 Å². The quantitative estimate of drug-likeness (QED) is 0.627. The highest BCUT2D eigenvalue weighted by Gasteiger charge is 2.12. The maximum atomic E-state index is 11.4. The van der Waals surface area contributed by atoms with Crippen molar-refractivity contribution in [3.05, 3.63) is 0 Å². The van der Waals surface area contributed by atoms with Crippen LogP contribution in [0.3, 0.4) is 0 Å². The number of carbonyl (C=O) groups is 1. The number of hydrogen-bond donors (Lipinski definition) is 3. The van der Waals surface area contributed by atoms with E-state index in [1.165, 1.54) is 0 Å². The lowest BCUT2D eigenvalue weighted by molar-refractivity contribution is 0.206. The molecule has 0 bridgehead atoms. The van der Waals surface area contributed by atoms with Gasteiger partial charge in [0.05, 0.1) is 12.6 Å². The summed E-state index contributed by atoms with van der Waals surface area (Å²) in [6, 6.07) is -0.333. The van der Waals surface area contributed by atoms with Crippen LogP contribution in [0.2, 0.25) is 0 Å². The molecule has 0 aliphatic rings. The number of nitrogens with one attached hydrogen (secondary N) is 2. The summed E-state index contributed by atoms with van der Waals surface area (Å²) >= 11 is 0. The Labute approximate surface area is 92.4 Å². The van der Waals surface area contributed by atoms with Gasteiger partial charge in [0.1, 0.15) is 0 Å². The van der Waals surface area contributed by atoms with Crippen LogP contribution in [0.5, 0.6) is 0 Å². The molecule has 0 aromatic carbocycles. The van der Waals surface area contributed by atoms with Gasteiger partial charge >= 0.3 is 6.03 Å². The van der Waals surface area contributed by atoms with Crippen molar-refractivity contribution >= 4 is 6.03 Å². The van der Waals surface area contributed by atoms with Crippen LogP contribution in [0.1, 0.15) is 34.1 Å². The van der Waals surface area contributed by atoms with Crippen LogP contribution in [0.15, 0.2) is 0 Å². The second-order valence-corrected chi connectivity index (χ2v) is 4.76. The second-order valence-electron chi connectivity index (χ2n) is 4.76. The summed E-state index contributed by atoms with van der Waals surface area (Å²) in [6.45, 7) is 8.86. The van der Waals surface area contributed by atoms with Gasteiger partial charge in [-0.1, -0.05) is 27.7 Å². The number of carbonyl (C=O) groups excluding carboxylic acids is 1. The Balaban J connectivity index is 3.80. The normalized spacial score (nSPS) is 13.0. The van der Waals surface area contributed by atoms with Crippen molar-refractivity contribution in [3.63, 3.8) is 0 Å². The van der Waals surface area contributed by atoms with E-state index in [-0.39, 0.29) is 18.7 Å². The molecule has 1 atom stereocenters. The highest BCUT2D eigenvalue weighted by atomic mass is 16.3. The molecule has 0 aliphatic heterocycles. The Bertz CT molecular complexity index is 181. The van der Waals surface area contributed by atoms with Crippen molar-refractivity contribution < 1.29 is 9.90 Å². The Morgan fingerprint density at radius 1 is 1.20 bits per heavy atom. The minimum absolute atomic E-state index is 0.00667. The highest BCUT2D eigenvalue weighted by molar-refractivity contribution is 5.74. The van der Waals surface area contributed by atoms with Crippen LogP contribution in [-0.2, 0) is 0 Å². The smallest absolute Gasteiger partial charge is 0.315 e. The lowest BCUT2D eigenvalue weighted by atomic mass is 10.0. The Morgan fingerprint density at radius 3 is 2.20 bits per heavy atom. The molecule has 0 aromatic rings. The average Bonchev–Trinajstić information content (AvgIpc) is 2.13. The van der Waals surface area contributed by atoms with E-state index in [0.29, 0.717) is 18.4 Å². The molecule has 0 rings (SSSR count). The number of aliphatic hydroxyl groups excluding tert-OH is 1. The van der Waals surface area contributed by atoms with E-state index in [4.69, 9.17) is 5.11 Å². The van der Waals surface area contributed by atoms with Gasteiger partial charge in [0.2, 0.25) is 0 Å². The van der Waals surface area contributed by atoms with Gasteiger partial charge in [-0.3, -0.25) is 0 Å². The predicted octanol–water partition coefficient (Wildman–Crippen LogP) is 1.35. The van der Waals surface area contributed by atoms with Crippen LogP contribution in [-0.4, -0.2) is 30.3 Å². The average molecular weight is 216 g/mol. The molecule has 3 N–H and O–H groups in total. The number of amides is 2. The van der Waals surface area contributed by atoms with Crippen molar-refractivity contribution in [1.29, 1.82) is 0 Å². The molecular weight excluding hydrogens is 192 g/mol. The summed E-state index contributed by atoms with van der Waals surface area (Å²) in [4.78, 5) is 11.4. The molecule has 0 aromatic heterocycles. The molecular formula is C11H24N2O2. The van der Waals surface area contributed by atoms with Gasteiger partial charge in [-0.25, -0.2) is 4.79 Å². The molecule has 4 heteroatoms. The number of rotatable bonds is 6. The molecule has 4 nitrogen and oxygen atoms in total. The van der Waals surface area contributed by atoms with E-state index in [9.17, 15) is 4.79 Å². The predicted molar refractivity (Wildman–Crippen MR) is 61.7 cm³/mol. The van der Waals surface area contributed by atoms with E-state index in [1.807, 2.05) is 13.8 Å². The van der Waals surface area contributed by atoms with E-state index in [1.54, 1.807) is 0 Å². The molecule has 0 radical (unpaired) electrons. The molecule has 0 spiro atoms. The fourth-order valence-corrected chi connectivity index (χ4v) is 1.28. The first kappa shape index (κ1) is 14.2. The fraction of sp³-hybridized carbons (Fsp3) is 0.909. The SMILES string of the molecule is CC(C)CNC(=O)NC(CO)CC(C)C. The summed E-state index contributed by atoms with van der Waals surface area (Å²) in [6.07, 6.45) is 0.797. The molecule has 0 saturated heterocycles. The van der Waals surface area contributed by atoms with E-state index in [0.717, 1.165) is 6.42 Å². The molecule has 0 fully saturated rings. The van der Waals surface area contributed by atoms with Crippen LogP contribution in [0.25, 0.3) is 0 Å². The largest absolute Gasteiger partial charge is 0.394 e. The minimum Gasteiger partial charge on any atom is -0.394 e. The zero-order chi connectivity index (χ0) is 11.8. The molecule has 1 unspecified atom stereocenters. The topological polar surface area (TPSA) is 61.4 Å². The zero-order valence-corrected chi connectivity index (χ0v) is 10.2. The van der Waals surface area contributed by atoms with Gasteiger partial charge in [0.25, 0.3) is 0 Å². The first-order chi connectivity index (χ1) is 6.95. The lowest BCUT2D eigenvalue weighted by Gasteiger charge is -2.19. The number of hydrogen-bond acceptors (Lipinski definition) is 2. The van der Waals surface area contributed by atoms with Gasteiger partial charge < -0.3 is 15.7 Å². The molecule has 2 amide bonds.